The lowest BCUT2D eigenvalue weighted by molar-refractivity contribution is -0.0523. The summed E-state index contributed by atoms with van der Waals surface area (Å²) >= 11 is 6.05. The molecule has 2 aromatic rings. The number of H-pyrrole nitrogens is 1. The van der Waals surface area contributed by atoms with E-state index >= 15 is 0 Å². The first-order valence-corrected chi connectivity index (χ1v) is 7.50. The average Bonchev–Trinajstić information content (AvgIpc) is 2.75. The van der Waals surface area contributed by atoms with Gasteiger partial charge in [-0.05, 0) is 19.1 Å². The molecule has 0 amide bonds. The van der Waals surface area contributed by atoms with Crippen molar-refractivity contribution in [2.24, 2.45) is 0 Å². The number of nitrogens with zero attached hydrogens (tertiary/aromatic N) is 1. The molecule has 1 fully saturated rings. The largest absolute Gasteiger partial charge is 0.377 e. The molecule has 1 aliphatic rings. The lowest BCUT2D eigenvalue weighted by atomic mass is 10.0. The minimum absolute atomic E-state index is 0.113. The molecule has 0 spiro atoms. The zero-order valence-electron chi connectivity index (χ0n) is 10.1. The fourth-order valence-corrected chi connectivity index (χ4v) is 3.75. The van der Waals surface area contributed by atoms with Crippen molar-refractivity contribution in [2.75, 3.05) is 13.2 Å². The van der Waals surface area contributed by atoms with Crippen LogP contribution < -0.4 is 4.72 Å². The number of rotatable bonds is 3. The highest BCUT2D eigenvalue weighted by Crippen LogP contribution is 2.27. The van der Waals surface area contributed by atoms with Gasteiger partial charge in [0.1, 0.15) is 0 Å². The molecule has 3 rings (SSSR count). The predicted octanol–water partition coefficient (Wildman–Crippen LogP) is 1.28. The fraction of sp³-hybridized carbons (Fsp3) is 0.364. The third kappa shape index (κ3) is 2.23. The molecular weight excluding hydrogens is 290 g/mol. The summed E-state index contributed by atoms with van der Waals surface area (Å²) < 4.78 is 32.3. The fourth-order valence-electron chi connectivity index (χ4n) is 1.99. The van der Waals surface area contributed by atoms with Crippen molar-refractivity contribution < 1.29 is 13.2 Å². The first kappa shape index (κ1) is 12.9. The Morgan fingerprint density at radius 1 is 1.47 bits per heavy atom. The molecule has 1 aromatic heterocycles. The number of hydrogen-bond acceptors (Lipinski definition) is 4. The van der Waals surface area contributed by atoms with Crippen LogP contribution in [0.2, 0.25) is 5.02 Å². The van der Waals surface area contributed by atoms with E-state index in [2.05, 4.69) is 14.9 Å². The first-order valence-electron chi connectivity index (χ1n) is 5.64. The van der Waals surface area contributed by atoms with Crippen molar-refractivity contribution >= 4 is 32.5 Å². The maximum Gasteiger partial charge on any atom is 0.241 e. The first-order chi connectivity index (χ1) is 8.90. The van der Waals surface area contributed by atoms with Crippen LogP contribution in [-0.2, 0) is 14.8 Å². The maximum absolute atomic E-state index is 12.3. The number of hydrogen-bond donors (Lipinski definition) is 2. The van der Waals surface area contributed by atoms with Crippen LogP contribution in [0.25, 0.3) is 10.9 Å². The van der Waals surface area contributed by atoms with Gasteiger partial charge in [0.2, 0.25) is 10.0 Å². The van der Waals surface area contributed by atoms with Crippen molar-refractivity contribution in [1.82, 2.24) is 14.9 Å². The lowest BCUT2D eigenvalue weighted by Gasteiger charge is -2.38. The zero-order valence-corrected chi connectivity index (χ0v) is 11.7. The van der Waals surface area contributed by atoms with Crippen molar-refractivity contribution in [3.05, 3.63) is 23.4 Å². The summed E-state index contributed by atoms with van der Waals surface area (Å²) in [5.41, 5.74) is 0.0386. The van der Waals surface area contributed by atoms with Gasteiger partial charge < -0.3 is 4.74 Å². The molecule has 1 saturated heterocycles. The quantitative estimate of drug-likeness (QED) is 0.894. The third-order valence-electron chi connectivity index (χ3n) is 3.01. The van der Waals surface area contributed by atoms with Gasteiger partial charge in [-0.1, -0.05) is 11.6 Å². The van der Waals surface area contributed by atoms with Gasteiger partial charge in [-0.3, -0.25) is 5.10 Å². The van der Waals surface area contributed by atoms with Crippen LogP contribution in [0.15, 0.2) is 23.2 Å². The van der Waals surface area contributed by atoms with E-state index in [9.17, 15) is 8.42 Å². The average molecular weight is 302 g/mol. The Kier molecular flexibility index (Phi) is 2.82. The van der Waals surface area contributed by atoms with E-state index in [-0.39, 0.29) is 4.90 Å². The van der Waals surface area contributed by atoms with Crippen LogP contribution in [0.3, 0.4) is 0 Å². The van der Waals surface area contributed by atoms with Crippen LogP contribution >= 0.6 is 11.6 Å². The van der Waals surface area contributed by atoms with E-state index in [4.69, 9.17) is 16.3 Å². The normalized spacial score (nSPS) is 18.4. The zero-order chi connectivity index (χ0) is 13.7. The molecular formula is C11H12ClN3O3S. The highest BCUT2D eigenvalue weighted by Gasteiger charge is 2.37. The Balaban J connectivity index is 2.02. The number of sulfonamides is 1. The van der Waals surface area contributed by atoms with Gasteiger partial charge in [0, 0.05) is 5.39 Å². The summed E-state index contributed by atoms with van der Waals surface area (Å²) in [4.78, 5) is 0.113. The molecule has 6 nitrogen and oxygen atoms in total. The number of ether oxygens (including phenoxy) is 1. The number of halogens is 1. The number of nitrogens with one attached hydrogen (secondary N) is 2. The van der Waals surface area contributed by atoms with Gasteiger partial charge >= 0.3 is 0 Å². The molecule has 0 saturated carbocycles. The second kappa shape index (κ2) is 4.17. The highest BCUT2D eigenvalue weighted by atomic mass is 35.5. The summed E-state index contributed by atoms with van der Waals surface area (Å²) in [6.07, 6.45) is 1.56. The number of aromatic amines is 1. The van der Waals surface area contributed by atoms with Crippen LogP contribution in [0.4, 0.5) is 0 Å². The second-order valence-electron chi connectivity index (χ2n) is 4.90. The standard InChI is InChI=1S/C11H12ClN3O3S/c1-11(5-18-6-11)15-19(16,17)7-2-9(12)8-4-13-14-10(8)3-7/h2-4,15H,5-6H2,1H3,(H,13,14). The molecule has 8 heteroatoms. The summed E-state index contributed by atoms with van der Waals surface area (Å²) in [5.74, 6) is 0. The number of aromatic nitrogens is 2. The molecule has 19 heavy (non-hydrogen) atoms. The molecule has 2 N–H and O–H groups in total. The van der Waals surface area contributed by atoms with Crippen LogP contribution in [-0.4, -0.2) is 37.4 Å². The summed E-state index contributed by atoms with van der Waals surface area (Å²) in [7, 11) is -3.63. The monoisotopic (exact) mass is 301 g/mol. The highest BCUT2D eigenvalue weighted by molar-refractivity contribution is 7.89. The van der Waals surface area contributed by atoms with E-state index in [1.54, 1.807) is 13.1 Å². The van der Waals surface area contributed by atoms with Crippen molar-refractivity contribution in [1.29, 1.82) is 0 Å². The van der Waals surface area contributed by atoms with E-state index in [0.29, 0.717) is 29.1 Å². The molecule has 0 radical (unpaired) electrons. The van der Waals surface area contributed by atoms with Crippen LogP contribution in [0, 0.1) is 0 Å². The van der Waals surface area contributed by atoms with Gasteiger partial charge in [0.05, 0.1) is 40.4 Å². The second-order valence-corrected chi connectivity index (χ2v) is 6.98. The Hall–Kier alpha value is -1.15. The SMILES string of the molecule is CC1(NS(=O)(=O)c2cc(Cl)c3cn[nH]c3c2)COC1. The molecule has 0 atom stereocenters. The molecule has 2 heterocycles. The minimum atomic E-state index is -3.63. The third-order valence-corrected chi connectivity index (χ3v) is 4.94. The topological polar surface area (TPSA) is 84.1 Å². The van der Waals surface area contributed by atoms with E-state index in [0.717, 1.165) is 0 Å². The van der Waals surface area contributed by atoms with Crippen molar-refractivity contribution in [3.8, 4) is 0 Å². The van der Waals surface area contributed by atoms with E-state index < -0.39 is 15.6 Å². The Labute approximate surface area is 115 Å². The molecule has 0 aliphatic carbocycles. The molecule has 0 unspecified atom stereocenters. The lowest BCUT2D eigenvalue weighted by Crippen LogP contribution is -2.59. The maximum atomic E-state index is 12.3. The summed E-state index contributed by atoms with van der Waals surface area (Å²) in [6.45, 7) is 2.53. The molecule has 102 valence electrons. The number of fused-ring (bicyclic) bond motifs is 1. The van der Waals surface area contributed by atoms with Gasteiger partial charge in [-0.2, -0.15) is 5.10 Å². The van der Waals surface area contributed by atoms with E-state index in [1.165, 1.54) is 12.1 Å². The van der Waals surface area contributed by atoms with Crippen molar-refractivity contribution in [3.63, 3.8) is 0 Å². The summed E-state index contributed by atoms with van der Waals surface area (Å²) in [6, 6.07) is 2.93. The van der Waals surface area contributed by atoms with Crippen LogP contribution in [0.5, 0.6) is 0 Å². The molecule has 1 aliphatic heterocycles. The van der Waals surface area contributed by atoms with Gasteiger partial charge in [0.15, 0.2) is 0 Å². The predicted molar refractivity (Wildman–Crippen MR) is 70.6 cm³/mol. The van der Waals surface area contributed by atoms with E-state index in [1.807, 2.05) is 0 Å². The van der Waals surface area contributed by atoms with Crippen LogP contribution in [0.1, 0.15) is 6.92 Å². The van der Waals surface area contributed by atoms with Gasteiger partial charge in [-0.15, -0.1) is 0 Å². The molecule has 0 bridgehead atoms. The number of benzene rings is 1. The van der Waals surface area contributed by atoms with Crippen molar-refractivity contribution in [2.45, 2.75) is 17.4 Å². The minimum Gasteiger partial charge on any atom is -0.377 e. The Bertz CT molecular complexity index is 737. The van der Waals surface area contributed by atoms with Gasteiger partial charge in [0.25, 0.3) is 0 Å². The Morgan fingerprint density at radius 3 is 2.84 bits per heavy atom. The van der Waals surface area contributed by atoms with Gasteiger partial charge in [-0.25, -0.2) is 13.1 Å². The smallest absolute Gasteiger partial charge is 0.241 e. The molecule has 1 aromatic carbocycles. The summed E-state index contributed by atoms with van der Waals surface area (Å²) in [5, 5.41) is 7.60. The Morgan fingerprint density at radius 2 is 2.21 bits per heavy atom.